The summed E-state index contributed by atoms with van der Waals surface area (Å²) >= 11 is 1.93. The molecule has 0 aromatic carbocycles. The third-order valence-electron chi connectivity index (χ3n) is 3.06. The minimum Gasteiger partial charge on any atom is -0.295 e. The topological polar surface area (TPSA) is 21.1 Å². The van der Waals surface area contributed by atoms with Gasteiger partial charge in [-0.2, -0.15) is 16.9 Å². The Bertz CT molecular complexity index is 311. The Morgan fingerprint density at radius 3 is 3.13 bits per heavy atom. The summed E-state index contributed by atoms with van der Waals surface area (Å²) in [4.78, 5) is 2.59. The molecule has 2 heterocycles. The summed E-state index contributed by atoms with van der Waals surface area (Å²) in [5, 5.41) is 4.26. The van der Waals surface area contributed by atoms with E-state index in [0.717, 1.165) is 0 Å². The zero-order chi connectivity index (χ0) is 10.7. The van der Waals surface area contributed by atoms with Gasteiger partial charge in [-0.05, 0) is 25.6 Å². The summed E-state index contributed by atoms with van der Waals surface area (Å²) in [5.74, 6) is 1.23. The molecule has 1 unspecified atom stereocenters. The van der Waals surface area contributed by atoms with Crippen LogP contribution in [0.4, 0.5) is 0 Å². The quantitative estimate of drug-likeness (QED) is 0.781. The summed E-state index contributed by atoms with van der Waals surface area (Å²) in [6.45, 7) is 2.46. The molecular weight excluding hydrogens is 206 g/mol. The fraction of sp³-hybridized carbons (Fsp3) is 0.727. The number of likely N-dealkylation sites (tertiary alicyclic amines) is 1. The van der Waals surface area contributed by atoms with E-state index in [-0.39, 0.29) is 0 Å². The van der Waals surface area contributed by atoms with Crippen molar-refractivity contribution in [1.82, 2.24) is 14.7 Å². The Kier molecular flexibility index (Phi) is 3.70. The number of thioether (sulfide) groups is 1. The van der Waals surface area contributed by atoms with Gasteiger partial charge in [0.2, 0.25) is 0 Å². The van der Waals surface area contributed by atoms with Crippen LogP contribution in [0.2, 0.25) is 0 Å². The summed E-state index contributed by atoms with van der Waals surface area (Å²) in [6.07, 6.45) is 8.97. The third kappa shape index (κ3) is 2.55. The lowest BCUT2D eigenvalue weighted by atomic mass is 10.1. The number of nitrogens with zero attached hydrogens (tertiary/aromatic N) is 3. The monoisotopic (exact) mass is 225 g/mol. The largest absolute Gasteiger partial charge is 0.295 e. The van der Waals surface area contributed by atoms with Crippen molar-refractivity contribution >= 4 is 11.8 Å². The molecule has 1 atom stereocenters. The molecule has 1 aromatic rings. The normalized spacial score (nSPS) is 22.4. The lowest BCUT2D eigenvalue weighted by Gasteiger charge is -2.22. The maximum atomic E-state index is 4.26. The van der Waals surface area contributed by atoms with Crippen LogP contribution in [0.3, 0.4) is 0 Å². The van der Waals surface area contributed by atoms with Gasteiger partial charge in [-0.3, -0.25) is 9.58 Å². The first-order valence-electron chi connectivity index (χ1n) is 5.53. The number of aryl methyl sites for hydroxylation is 1. The van der Waals surface area contributed by atoms with Crippen LogP contribution >= 0.6 is 11.8 Å². The van der Waals surface area contributed by atoms with Gasteiger partial charge in [-0.15, -0.1) is 0 Å². The second kappa shape index (κ2) is 5.03. The summed E-state index contributed by atoms with van der Waals surface area (Å²) in [7, 11) is 1.99. The minimum absolute atomic E-state index is 0.617. The van der Waals surface area contributed by atoms with E-state index >= 15 is 0 Å². The molecule has 0 spiro atoms. The summed E-state index contributed by atoms with van der Waals surface area (Å²) in [5.41, 5.74) is 1.39. The lowest BCUT2D eigenvalue weighted by molar-refractivity contribution is 0.274. The zero-order valence-electron chi connectivity index (χ0n) is 9.52. The average molecular weight is 225 g/mol. The molecule has 0 amide bonds. The van der Waals surface area contributed by atoms with E-state index in [0.29, 0.717) is 6.04 Å². The van der Waals surface area contributed by atoms with Crippen LogP contribution in [0, 0.1) is 0 Å². The van der Waals surface area contributed by atoms with Crippen molar-refractivity contribution in [2.24, 2.45) is 7.05 Å². The SMILES string of the molecule is CSCCN1CCCC1c1cnn(C)c1. The van der Waals surface area contributed by atoms with Crippen molar-refractivity contribution in [1.29, 1.82) is 0 Å². The van der Waals surface area contributed by atoms with E-state index in [9.17, 15) is 0 Å². The molecule has 3 nitrogen and oxygen atoms in total. The van der Waals surface area contributed by atoms with Gasteiger partial charge in [0.15, 0.2) is 0 Å². The van der Waals surface area contributed by atoms with E-state index in [1.165, 1.54) is 37.2 Å². The lowest BCUT2D eigenvalue weighted by Crippen LogP contribution is -2.25. The van der Waals surface area contributed by atoms with Gasteiger partial charge in [-0.25, -0.2) is 0 Å². The van der Waals surface area contributed by atoms with Crippen molar-refractivity contribution < 1.29 is 0 Å². The molecule has 84 valence electrons. The van der Waals surface area contributed by atoms with Gasteiger partial charge in [0.25, 0.3) is 0 Å². The van der Waals surface area contributed by atoms with E-state index in [1.807, 2.05) is 29.7 Å². The molecule has 0 saturated carbocycles. The fourth-order valence-electron chi connectivity index (χ4n) is 2.29. The first-order valence-corrected chi connectivity index (χ1v) is 6.92. The van der Waals surface area contributed by atoms with Crippen molar-refractivity contribution in [2.45, 2.75) is 18.9 Å². The van der Waals surface area contributed by atoms with E-state index in [1.54, 1.807) is 0 Å². The van der Waals surface area contributed by atoms with Crippen LogP contribution < -0.4 is 0 Å². The van der Waals surface area contributed by atoms with Crippen molar-refractivity contribution in [3.8, 4) is 0 Å². The molecule has 15 heavy (non-hydrogen) atoms. The maximum absolute atomic E-state index is 4.26. The van der Waals surface area contributed by atoms with Gasteiger partial charge in [0.1, 0.15) is 0 Å². The van der Waals surface area contributed by atoms with Gasteiger partial charge >= 0.3 is 0 Å². The predicted molar refractivity (Wildman–Crippen MR) is 65.1 cm³/mol. The number of hydrogen-bond donors (Lipinski definition) is 0. The van der Waals surface area contributed by atoms with Crippen LogP contribution in [0.5, 0.6) is 0 Å². The molecule has 0 bridgehead atoms. The summed E-state index contributed by atoms with van der Waals surface area (Å²) in [6, 6.07) is 0.617. The average Bonchev–Trinajstić information content (AvgIpc) is 2.82. The molecule has 4 heteroatoms. The molecule has 1 aromatic heterocycles. The second-order valence-corrected chi connectivity index (χ2v) is 5.12. The second-order valence-electron chi connectivity index (χ2n) is 4.13. The molecule has 2 rings (SSSR count). The van der Waals surface area contributed by atoms with Gasteiger partial charge in [0.05, 0.1) is 6.20 Å². The van der Waals surface area contributed by atoms with E-state index < -0.39 is 0 Å². The van der Waals surface area contributed by atoms with E-state index in [4.69, 9.17) is 0 Å². The third-order valence-corrected chi connectivity index (χ3v) is 3.65. The first kappa shape index (κ1) is 11.0. The van der Waals surface area contributed by atoms with Gasteiger partial charge in [0, 0.05) is 37.1 Å². The number of hydrogen-bond acceptors (Lipinski definition) is 3. The molecule has 1 fully saturated rings. The first-order chi connectivity index (χ1) is 7.31. The van der Waals surface area contributed by atoms with Crippen molar-refractivity contribution in [2.75, 3.05) is 25.1 Å². The smallest absolute Gasteiger partial charge is 0.0537 e. The highest BCUT2D eigenvalue weighted by atomic mass is 32.2. The van der Waals surface area contributed by atoms with Crippen molar-refractivity contribution in [3.63, 3.8) is 0 Å². The maximum Gasteiger partial charge on any atom is 0.0537 e. The molecule has 0 radical (unpaired) electrons. The van der Waals surface area contributed by atoms with Crippen LogP contribution in [0.1, 0.15) is 24.4 Å². The molecule has 1 aliphatic heterocycles. The van der Waals surface area contributed by atoms with Crippen LogP contribution in [-0.4, -0.2) is 39.8 Å². The Balaban J connectivity index is 2.01. The highest BCUT2D eigenvalue weighted by molar-refractivity contribution is 7.98. The molecule has 1 saturated heterocycles. The van der Waals surface area contributed by atoms with Gasteiger partial charge in [-0.1, -0.05) is 0 Å². The predicted octanol–water partition coefficient (Wildman–Crippen LogP) is 1.92. The van der Waals surface area contributed by atoms with Crippen LogP contribution in [-0.2, 0) is 7.05 Å². The Labute approximate surface area is 95.8 Å². The number of rotatable bonds is 4. The molecule has 0 N–H and O–H groups in total. The van der Waals surface area contributed by atoms with Gasteiger partial charge < -0.3 is 0 Å². The van der Waals surface area contributed by atoms with Crippen molar-refractivity contribution in [3.05, 3.63) is 18.0 Å². The summed E-state index contributed by atoms with van der Waals surface area (Å²) < 4.78 is 1.90. The molecule has 1 aliphatic rings. The Morgan fingerprint density at radius 2 is 2.47 bits per heavy atom. The molecule has 0 aliphatic carbocycles. The van der Waals surface area contributed by atoms with E-state index in [2.05, 4.69) is 22.5 Å². The fourth-order valence-corrected chi connectivity index (χ4v) is 2.71. The zero-order valence-corrected chi connectivity index (χ0v) is 10.3. The number of aromatic nitrogens is 2. The standard InChI is InChI=1S/C11H19N3S/c1-13-9-10(8-12-13)11-4-3-5-14(11)6-7-15-2/h8-9,11H,3-7H2,1-2H3. The Morgan fingerprint density at radius 1 is 1.60 bits per heavy atom. The molecular formula is C11H19N3S. The highest BCUT2D eigenvalue weighted by Gasteiger charge is 2.26. The minimum atomic E-state index is 0.617. The Hall–Kier alpha value is -0.480. The van der Waals surface area contributed by atoms with Crippen LogP contribution in [0.25, 0.3) is 0 Å². The van der Waals surface area contributed by atoms with Crippen LogP contribution in [0.15, 0.2) is 12.4 Å². The highest BCUT2D eigenvalue weighted by Crippen LogP contribution is 2.31.